The molecular weight excluding hydrogens is 367 g/mol. The number of amides is 1. The maximum Gasteiger partial charge on any atom is 0.340 e. The summed E-state index contributed by atoms with van der Waals surface area (Å²) in [5.41, 5.74) is 1.16. The van der Waals surface area contributed by atoms with Crippen LogP contribution in [-0.4, -0.2) is 36.7 Å². The number of para-hydroxylation sites is 1. The zero-order chi connectivity index (χ0) is 18.2. The van der Waals surface area contributed by atoms with Gasteiger partial charge in [-0.15, -0.1) is 0 Å². The van der Waals surface area contributed by atoms with Crippen LogP contribution in [0.5, 0.6) is 0 Å². The van der Waals surface area contributed by atoms with E-state index in [1.807, 2.05) is 0 Å². The predicted molar refractivity (Wildman–Crippen MR) is 97.4 cm³/mol. The molecule has 0 heterocycles. The number of anilines is 2. The maximum absolute atomic E-state index is 12.1. The standard InChI is InChI=1S/C17H16Cl2N2O4/c18-11-5-6-15(13(19)9-11)21-16(23)10-25-17(24)12-3-1-2-4-14(12)20-7-8-22/h1-6,9,20,22H,7-8,10H2,(H,21,23). The molecule has 2 aromatic carbocycles. The molecule has 8 heteroatoms. The molecule has 3 N–H and O–H groups in total. The van der Waals surface area contributed by atoms with Crippen molar-refractivity contribution in [1.29, 1.82) is 0 Å². The van der Waals surface area contributed by atoms with Crippen LogP contribution in [-0.2, 0) is 9.53 Å². The Balaban J connectivity index is 1.94. The smallest absolute Gasteiger partial charge is 0.340 e. The minimum Gasteiger partial charge on any atom is -0.452 e. The topological polar surface area (TPSA) is 87.7 Å². The molecular formula is C17H16Cl2N2O4. The average molecular weight is 383 g/mol. The molecule has 0 fully saturated rings. The summed E-state index contributed by atoms with van der Waals surface area (Å²) in [5.74, 6) is -1.18. The lowest BCUT2D eigenvalue weighted by molar-refractivity contribution is -0.119. The summed E-state index contributed by atoms with van der Waals surface area (Å²) in [7, 11) is 0. The molecule has 2 aromatic rings. The van der Waals surface area contributed by atoms with Gasteiger partial charge < -0.3 is 20.5 Å². The van der Waals surface area contributed by atoms with E-state index in [0.29, 0.717) is 22.9 Å². The van der Waals surface area contributed by atoms with E-state index in [-0.39, 0.29) is 17.2 Å². The fourth-order valence-electron chi connectivity index (χ4n) is 1.99. The molecule has 0 aliphatic heterocycles. The van der Waals surface area contributed by atoms with Crippen molar-refractivity contribution in [2.75, 3.05) is 30.4 Å². The summed E-state index contributed by atoms with van der Waals surface area (Å²) in [6.45, 7) is -0.250. The number of rotatable bonds is 7. The second-order valence-corrected chi connectivity index (χ2v) is 5.79. The molecule has 2 rings (SSSR count). The Kier molecular flexibility index (Phi) is 7.06. The lowest BCUT2D eigenvalue weighted by atomic mass is 10.2. The van der Waals surface area contributed by atoms with Crippen molar-refractivity contribution in [2.24, 2.45) is 0 Å². The molecule has 0 radical (unpaired) electrons. The van der Waals surface area contributed by atoms with E-state index in [9.17, 15) is 9.59 Å². The van der Waals surface area contributed by atoms with Crippen molar-refractivity contribution in [2.45, 2.75) is 0 Å². The maximum atomic E-state index is 12.1. The largest absolute Gasteiger partial charge is 0.452 e. The lowest BCUT2D eigenvalue weighted by Crippen LogP contribution is -2.21. The van der Waals surface area contributed by atoms with Crippen LogP contribution in [0.2, 0.25) is 10.0 Å². The number of halogens is 2. The molecule has 0 saturated heterocycles. The molecule has 25 heavy (non-hydrogen) atoms. The number of hydrogen-bond acceptors (Lipinski definition) is 5. The normalized spacial score (nSPS) is 10.2. The van der Waals surface area contributed by atoms with Gasteiger partial charge >= 0.3 is 5.97 Å². The number of nitrogens with one attached hydrogen (secondary N) is 2. The number of carbonyl (C=O) groups excluding carboxylic acids is 2. The van der Waals surface area contributed by atoms with Crippen LogP contribution in [0.1, 0.15) is 10.4 Å². The number of ether oxygens (including phenoxy) is 1. The first-order valence-electron chi connectivity index (χ1n) is 7.37. The first-order valence-corrected chi connectivity index (χ1v) is 8.12. The van der Waals surface area contributed by atoms with Gasteiger partial charge in [0.1, 0.15) is 0 Å². The van der Waals surface area contributed by atoms with Crippen LogP contribution in [0, 0.1) is 0 Å². The highest BCUT2D eigenvalue weighted by Gasteiger charge is 2.14. The Hall–Kier alpha value is -2.28. The molecule has 0 saturated carbocycles. The second-order valence-electron chi connectivity index (χ2n) is 4.94. The lowest BCUT2D eigenvalue weighted by Gasteiger charge is -2.11. The van der Waals surface area contributed by atoms with Gasteiger partial charge in [-0.1, -0.05) is 35.3 Å². The first-order chi connectivity index (χ1) is 12.0. The number of carbonyl (C=O) groups is 2. The molecule has 0 spiro atoms. The third kappa shape index (κ3) is 5.63. The molecule has 0 aliphatic rings. The minimum absolute atomic E-state index is 0.0758. The van der Waals surface area contributed by atoms with Crippen LogP contribution >= 0.6 is 23.2 Å². The van der Waals surface area contributed by atoms with Crippen molar-refractivity contribution in [3.8, 4) is 0 Å². The molecule has 0 bridgehead atoms. The predicted octanol–water partition coefficient (Wildman–Crippen LogP) is 3.19. The molecule has 0 atom stereocenters. The Morgan fingerprint density at radius 1 is 1.08 bits per heavy atom. The zero-order valence-electron chi connectivity index (χ0n) is 13.1. The van der Waals surface area contributed by atoms with E-state index in [2.05, 4.69) is 10.6 Å². The number of esters is 1. The summed E-state index contributed by atoms with van der Waals surface area (Å²) in [6.07, 6.45) is 0. The number of aliphatic hydroxyl groups is 1. The Bertz CT molecular complexity index is 768. The van der Waals surface area contributed by atoms with Crippen molar-refractivity contribution in [1.82, 2.24) is 0 Å². The average Bonchev–Trinajstić information content (AvgIpc) is 2.60. The monoisotopic (exact) mass is 382 g/mol. The van der Waals surface area contributed by atoms with E-state index in [1.54, 1.807) is 36.4 Å². The van der Waals surface area contributed by atoms with Gasteiger partial charge in [0.05, 0.1) is 22.9 Å². The summed E-state index contributed by atoms with van der Waals surface area (Å²) in [5, 5.41) is 15.0. The third-order valence-electron chi connectivity index (χ3n) is 3.11. The SMILES string of the molecule is O=C(COC(=O)c1ccccc1NCCO)Nc1ccc(Cl)cc1Cl. The number of aliphatic hydroxyl groups excluding tert-OH is 1. The summed E-state index contributed by atoms with van der Waals surface area (Å²) >= 11 is 11.8. The third-order valence-corrected chi connectivity index (χ3v) is 3.66. The molecule has 132 valence electrons. The van der Waals surface area contributed by atoms with E-state index in [1.165, 1.54) is 6.07 Å². The molecule has 0 unspecified atom stereocenters. The highest BCUT2D eigenvalue weighted by atomic mass is 35.5. The molecule has 6 nitrogen and oxygen atoms in total. The van der Waals surface area contributed by atoms with Crippen molar-refractivity contribution in [3.63, 3.8) is 0 Å². The van der Waals surface area contributed by atoms with Crippen LogP contribution in [0.25, 0.3) is 0 Å². The molecule has 0 aromatic heterocycles. The van der Waals surface area contributed by atoms with Gasteiger partial charge in [-0.2, -0.15) is 0 Å². The summed E-state index contributed by atoms with van der Waals surface area (Å²) < 4.78 is 5.02. The fraction of sp³-hybridized carbons (Fsp3) is 0.176. The van der Waals surface area contributed by atoms with Crippen LogP contribution in [0.15, 0.2) is 42.5 Å². The Morgan fingerprint density at radius 3 is 2.56 bits per heavy atom. The van der Waals surface area contributed by atoms with Crippen molar-refractivity contribution in [3.05, 3.63) is 58.1 Å². The Morgan fingerprint density at radius 2 is 1.84 bits per heavy atom. The van der Waals surface area contributed by atoms with E-state index >= 15 is 0 Å². The van der Waals surface area contributed by atoms with Crippen molar-refractivity contribution >= 4 is 46.5 Å². The van der Waals surface area contributed by atoms with Gasteiger partial charge in [0.2, 0.25) is 0 Å². The van der Waals surface area contributed by atoms with Crippen LogP contribution in [0.3, 0.4) is 0 Å². The van der Waals surface area contributed by atoms with Gasteiger partial charge in [0, 0.05) is 17.3 Å². The van der Waals surface area contributed by atoms with E-state index in [0.717, 1.165) is 0 Å². The van der Waals surface area contributed by atoms with Gasteiger partial charge in [0.15, 0.2) is 6.61 Å². The fourth-order valence-corrected chi connectivity index (χ4v) is 2.45. The summed E-state index contributed by atoms with van der Waals surface area (Å²) in [6, 6.07) is 11.3. The highest BCUT2D eigenvalue weighted by molar-refractivity contribution is 6.36. The van der Waals surface area contributed by atoms with E-state index in [4.69, 9.17) is 33.0 Å². The second kappa shape index (κ2) is 9.27. The van der Waals surface area contributed by atoms with E-state index < -0.39 is 18.5 Å². The minimum atomic E-state index is -0.654. The van der Waals surface area contributed by atoms with Gasteiger partial charge in [0.25, 0.3) is 5.91 Å². The molecule has 0 aliphatic carbocycles. The Labute approximate surface area is 154 Å². The quantitative estimate of drug-likeness (QED) is 0.640. The summed E-state index contributed by atoms with van der Waals surface area (Å²) in [4.78, 5) is 24.1. The van der Waals surface area contributed by atoms with Crippen molar-refractivity contribution < 1.29 is 19.4 Å². The first kappa shape index (κ1) is 19.1. The number of benzene rings is 2. The zero-order valence-corrected chi connectivity index (χ0v) is 14.6. The van der Waals surface area contributed by atoms with Gasteiger partial charge in [-0.05, 0) is 30.3 Å². The highest BCUT2D eigenvalue weighted by Crippen LogP contribution is 2.25. The number of hydrogen-bond donors (Lipinski definition) is 3. The van der Waals surface area contributed by atoms with Gasteiger partial charge in [-0.3, -0.25) is 4.79 Å². The van der Waals surface area contributed by atoms with Crippen LogP contribution < -0.4 is 10.6 Å². The molecule has 1 amide bonds. The van der Waals surface area contributed by atoms with Gasteiger partial charge in [-0.25, -0.2) is 4.79 Å². The van der Waals surface area contributed by atoms with Crippen LogP contribution in [0.4, 0.5) is 11.4 Å².